The molecule has 0 aromatic carbocycles. The largest absolute Gasteiger partial charge is 0.463 e. The first-order valence-electron chi connectivity index (χ1n) is 6.70. The average molecular weight is 248 g/mol. The van der Waals surface area contributed by atoms with E-state index in [1.807, 2.05) is 6.92 Å². The van der Waals surface area contributed by atoms with Gasteiger partial charge in [0.15, 0.2) is 0 Å². The van der Waals surface area contributed by atoms with Crippen molar-refractivity contribution in [3.05, 3.63) is 34.9 Å². The Bertz CT molecular complexity index is 361. The smallest absolute Gasteiger partial charge is 0.293 e. The maximum absolute atomic E-state index is 10.1. The summed E-state index contributed by atoms with van der Waals surface area (Å²) in [5.41, 5.74) is 4.17. The minimum absolute atomic E-state index is 0.419. The van der Waals surface area contributed by atoms with Gasteiger partial charge < -0.3 is 4.74 Å². The summed E-state index contributed by atoms with van der Waals surface area (Å²) >= 11 is 0. The highest BCUT2D eigenvalue weighted by Crippen LogP contribution is 2.26. The van der Waals surface area contributed by atoms with Crippen molar-refractivity contribution in [2.75, 3.05) is 6.61 Å². The molecule has 0 heterocycles. The normalized spacial score (nSPS) is 17.8. The molecule has 0 aliphatic heterocycles. The molecule has 0 N–H and O–H groups in total. The van der Waals surface area contributed by atoms with Crippen molar-refractivity contribution in [1.82, 2.24) is 0 Å². The van der Waals surface area contributed by atoms with Gasteiger partial charge in [-0.3, -0.25) is 4.79 Å². The molecule has 18 heavy (non-hydrogen) atoms. The molecular formula is C16H24O2. The number of ether oxygens (including phenoxy) is 1. The average Bonchev–Trinajstić information content (AvgIpc) is 2.37. The second kappa shape index (κ2) is 7.91. The molecular weight excluding hydrogens is 224 g/mol. The van der Waals surface area contributed by atoms with Gasteiger partial charge in [0, 0.05) is 0 Å². The van der Waals surface area contributed by atoms with E-state index in [4.69, 9.17) is 4.74 Å². The van der Waals surface area contributed by atoms with Crippen LogP contribution in [-0.4, -0.2) is 13.1 Å². The van der Waals surface area contributed by atoms with Crippen LogP contribution in [0.2, 0.25) is 0 Å². The summed E-state index contributed by atoms with van der Waals surface area (Å²) in [5, 5.41) is 0. The summed E-state index contributed by atoms with van der Waals surface area (Å²) in [5.74, 6) is 0.644. The van der Waals surface area contributed by atoms with Gasteiger partial charge in [0.25, 0.3) is 6.47 Å². The molecule has 0 saturated carbocycles. The molecule has 1 atom stereocenters. The number of hydrogen-bond donors (Lipinski definition) is 0. The topological polar surface area (TPSA) is 26.3 Å². The van der Waals surface area contributed by atoms with E-state index in [0.29, 0.717) is 19.0 Å². The highest BCUT2D eigenvalue weighted by atomic mass is 16.5. The molecule has 0 spiro atoms. The Labute approximate surface area is 110 Å². The molecule has 0 radical (unpaired) electrons. The fourth-order valence-electron chi connectivity index (χ4n) is 2.16. The van der Waals surface area contributed by atoms with Gasteiger partial charge in [-0.1, -0.05) is 36.3 Å². The standard InChI is InChI=1S/C16H24O2/c1-13-7-9-16(10-8-13)15(3)6-4-5-14(2)11-18-12-17/h5,7,9,12,15H,4,6,8,10-11H2,1-3H3/b14-5-/t15-/m1/s1. The quantitative estimate of drug-likeness (QED) is 0.499. The van der Waals surface area contributed by atoms with E-state index in [1.165, 1.54) is 18.4 Å². The summed E-state index contributed by atoms with van der Waals surface area (Å²) in [6.45, 7) is 7.41. The molecule has 0 bridgehead atoms. The molecule has 0 fully saturated rings. The predicted octanol–water partition coefficient (Wildman–Crippen LogP) is 4.19. The van der Waals surface area contributed by atoms with E-state index < -0.39 is 0 Å². The van der Waals surface area contributed by atoms with Crippen LogP contribution < -0.4 is 0 Å². The number of hydrogen-bond acceptors (Lipinski definition) is 2. The Morgan fingerprint density at radius 3 is 2.83 bits per heavy atom. The zero-order chi connectivity index (χ0) is 13.4. The lowest BCUT2D eigenvalue weighted by Gasteiger charge is -2.18. The van der Waals surface area contributed by atoms with Crippen molar-refractivity contribution in [3.63, 3.8) is 0 Å². The summed E-state index contributed by atoms with van der Waals surface area (Å²) in [6, 6.07) is 0. The van der Waals surface area contributed by atoms with E-state index in [9.17, 15) is 4.79 Å². The molecule has 1 rings (SSSR count). The Morgan fingerprint density at radius 1 is 1.44 bits per heavy atom. The van der Waals surface area contributed by atoms with E-state index in [2.05, 4.69) is 32.1 Å². The van der Waals surface area contributed by atoms with Crippen LogP contribution in [0.15, 0.2) is 34.9 Å². The fraction of sp³-hybridized carbons (Fsp3) is 0.562. The van der Waals surface area contributed by atoms with Crippen molar-refractivity contribution >= 4 is 6.47 Å². The highest BCUT2D eigenvalue weighted by Gasteiger charge is 2.10. The minimum Gasteiger partial charge on any atom is -0.463 e. The van der Waals surface area contributed by atoms with E-state index >= 15 is 0 Å². The zero-order valence-corrected chi connectivity index (χ0v) is 11.7. The van der Waals surface area contributed by atoms with Gasteiger partial charge in [0.05, 0.1) is 0 Å². The minimum atomic E-state index is 0.419. The SMILES string of the molecule is CC1=CC=C([C@H](C)CC/C=C(/C)COC=O)CC1. The van der Waals surface area contributed by atoms with Crippen LogP contribution in [-0.2, 0) is 9.53 Å². The van der Waals surface area contributed by atoms with Gasteiger partial charge in [-0.2, -0.15) is 0 Å². The summed E-state index contributed by atoms with van der Waals surface area (Å²) in [4.78, 5) is 10.1. The molecule has 1 aliphatic rings. The Morgan fingerprint density at radius 2 is 2.22 bits per heavy atom. The maximum Gasteiger partial charge on any atom is 0.293 e. The highest BCUT2D eigenvalue weighted by molar-refractivity contribution is 5.37. The summed E-state index contributed by atoms with van der Waals surface area (Å²) in [7, 11) is 0. The molecule has 0 aromatic rings. The second-order valence-corrected chi connectivity index (χ2v) is 5.19. The van der Waals surface area contributed by atoms with Crippen LogP contribution in [0.5, 0.6) is 0 Å². The van der Waals surface area contributed by atoms with Crippen LogP contribution in [0.25, 0.3) is 0 Å². The molecule has 0 aromatic heterocycles. The van der Waals surface area contributed by atoms with Gasteiger partial charge in [-0.15, -0.1) is 0 Å². The molecule has 0 saturated heterocycles. The second-order valence-electron chi connectivity index (χ2n) is 5.19. The number of rotatable bonds is 7. The lowest BCUT2D eigenvalue weighted by Crippen LogP contribution is -2.02. The third-order valence-electron chi connectivity index (χ3n) is 3.49. The summed E-state index contributed by atoms with van der Waals surface area (Å²) in [6.07, 6.45) is 11.3. The Kier molecular flexibility index (Phi) is 6.48. The monoisotopic (exact) mass is 248 g/mol. The molecule has 2 nitrogen and oxygen atoms in total. The van der Waals surface area contributed by atoms with Gasteiger partial charge in [-0.25, -0.2) is 0 Å². The fourth-order valence-corrected chi connectivity index (χ4v) is 2.16. The molecule has 0 unspecified atom stereocenters. The van der Waals surface area contributed by atoms with Gasteiger partial charge >= 0.3 is 0 Å². The van der Waals surface area contributed by atoms with E-state index in [-0.39, 0.29) is 0 Å². The van der Waals surface area contributed by atoms with Crippen LogP contribution >= 0.6 is 0 Å². The van der Waals surface area contributed by atoms with Crippen LogP contribution in [0.4, 0.5) is 0 Å². The predicted molar refractivity (Wildman–Crippen MR) is 75.2 cm³/mol. The van der Waals surface area contributed by atoms with Crippen LogP contribution in [0, 0.1) is 5.92 Å². The van der Waals surface area contributed by atoms with Crippen molar-refractivity contribution < 1.29 is 9.53 Å². The van der Waals surface area contributed by atoms with Crippen molar-refractivity contribution in [1.29, 1.82) is 0 Å². The maximum atomic E-state index is 10.1. The molecule has 0 amide bonds. The van der Waals surface area contributed by atoms with Crippen LogP contribution in [0.1, 0.15) is 46.5 Å². The van der Waals surface area contributed by atoms with E-state index in [0.717, 1.165) is 18.4 Å². The Hall–Kier alpha value is -1.31. The molecule has 2 heteroatoms. The third-order valence-corrected chi connectivity index (χ3v) is 3.49. The van der Waals surface area contributed by atoms with Crippen molar-refractivity contribution in [2.24, 2.45) is 5.92 Å². The number of carbonyl (C=O) groups excluding carboxylic acids is 1. The van der Waals surface area contributed by atoms with Gasteiger partial charge in [-0.05, 0) is 51.0 Å². The van der Waals surface area contributed by atoms with Crippen molar-refractivity contribution in [2.45, 2.75) is 46.5 Å². The first-order chi connectivity index (χ1) is 8.63. The van der Waals surface area contributed by atoms with Crippen LogP contribution in [0.3, 0.4) is 0 Å². The zero-order valence-electron chi connectivity index (χ0n) is 11.7. The van der Waals surface area contributed by atoms with Gasteiger partial charge in [0.2, 0.25) is 0 Å². The number of allylic oxidation sites excluding steroid dienone is 5. The summed E-state index contributed by atoms with van der Waals surface area (Å²) < 4.78 is 4.71. The first kappa shape index (κ1) is 14.7. The number of carbonyl (C=O) groups is 1. The lowest BCUT2D eigenvalue weighted by atomic mass is 9.88. The molecule has 100 valence electrons. The van der Waals surface area contributed by atoms with E-state index in [1.54, 1.807) is 5.57 Å². The first-order valence-corrected chi connectivity index (χ1v) is 6.70. The van der Waals surface area contributed by atoms with Gasteiger partial charge in [0.1, 0.15) is 6.61 Å². The molecule has 1 aliphatic carbocycles. The Balaban J connectivity index is 2.33. The lowest BCUT2D eigenvalue weighted by molar-refractivity contribution is -0.127. The third kappa shape index (κ3) is 5.35. The van der Waals surface area contributed by atoms with Crippen molar-refractivity contribution in [3.8, 4) is 0 Å².